The molecule has 2 saturated heterocycles. The molecule has 8 heteroatoms. The summed E-state index contributed by atoms with van der Waals surface area (Å²) in [6, 6.07) is 15.1. The number of esters is 1. The molecule has 0 unspecified atom stereocenters. The number of non-ortho nitro benzene ring substituents is 1. The highest BCUT2D eigenvalue weighted by atomic mass is 35.5. The Morgan fingerprint density at radius 2 is 1.81 bits per heavy atom. The lowest BCUT2D eigenvalue weighted by Gasteiger charge is -2.42. The molecule has 2 aromatic carbocycles. The summed E-state index contributed by atoms with van der Waals surface area (Å²) in [5.41, 5.74) is 2.12. The molecule has 172 valence electrons. The molecule has 32 heavy (non-hydrogen) atoms. The summed E-state index contributed by atoms with van der Waals surface area (Å²) in [6.07, 6.45) is 3.60. The number of ether oxygens (including phenoxy) is 2. The summed E-state index contributed by atoms with van der Waals surface area (Å²) in [5.74, 6) is 0.585. The van der Waals surface area contributed by atoms with Crippen LogP contribution in [0.25, 0.3) is 0 Å². The summed E-state index contributed by atoms with van der Waals surface area (Å²) < 4.78 is 11.0. The molecule has 2 heterocycles. The number of methoxy groups -OCH3 is 1. The van der Waals surface area contributed by atoms with Crippen LogP contribution >= 0.6 is 12.4 Å². The lowest BCUT2D eigenvalue weighted by Crippen LogP contribution is -2.49. The first-order chi connectivity index (χ1) is 15.0. The fraction of sp³-hybridized carbons (Fsp3) is 0.458. The van der Waals surface area contributed by atoms with E-state index in [0.29, 0.717) is 12.5 Å². The number of nitro groups is 1. The molecular formula is C24H29ClN2O5. The van der Waals surface area contributed by atoms with Crippen molar-refractivity contribution >= 4 is 24.1 Å². The van der Waals surface area contributed by atoms with E-state index in [4.69, 9.17) is 9.47 Å². The molecule has 0 saturated carbocycles. The summed E-state index contributed by atoms with van der Waals surface area (Å²) in [4.78, 5) is 25.9. The monoisotopic (exact) mass is 460 g/mol. The second-order valence-electron chi connectivity index (χ2n) is 8.45. The van der Waals surface area contributed by atoms with Gasteiger partial charge in [0.05, 0.1) is 24.6 Å². The summed E-state index contributed by atoms with van der Waals surface area (Å²) in [7, 11) is 3.76. The number of fused-ring (bicyclic) bond motifs is 2. The van der Waals surface area contributed by atoms with Gasteiger partial charge in [0, 0.05) is 36.6 Å². The molecule has 4 atom stereocenters. The number of piperidine rings is 1. The van der Waals surface area contributed by atoms with Crippen molar-refractivity contribution in [3.63, 3.8) is 0 Å². The van der Waals surface area contributed by atoms with E-state index in [9.17, 15) is 14.9 Å². The van der Waals surface area contributed by atoms with Crippen LogP contribution in [0.5, 0.6) is 5.75 Å². The fourth-order valence-electron chi connectivity index (χ4n) is 5.13. The third-order valence-corrected chi connectivity index (χ3v) is 6.87. The van der Waals surface area contributed by atoms with Crippen LogP contribution in [0.2, 0.25) is 0 Å². The van der Waals surface area contributed by atoms with Gasteiger partial charge >= 0.3 is 5.97 Å². The van der Waals surface area contributed by atoms with Crippen LogP contribution in [0, 0.1) is 16.0 Å². The zero-order chi connectivity index (χ0) is 22.0. The van der Waals surface area contributed by atoms with Gasteiger partial charge in [-0.15, -0.1) is 12.4 Å². The van der Waals surface area contributed by atoms with Gasteiger partial charge in [-0.05, 0) is 49.6 Å². The van der Waals surface area contributed by atoms with E-state index in [1.807, 2.05) is 12.1 Å². The highest BCUT2D eigenvalue weighted by Gasteiger charge is 2.49. The Labute approximate surface area is 194 Å². The molecule has 2 aromatic rings. The summed E-state index contributed by atoms with van der Waals surface area (Å²) >= 11 is 0. The van der Waals surface area contributed by atoms with Gasteiger partial charge in [0.25, 0.3) is 5.69 Å². The minimum atomic E-state index is -0.419. The van der Waals surface area contributed by atoms with E-state index >= 15 is 0 Å². The maximum atomic E-state index is 13.2. The number of benzene rings is 2. The van der Waals surface area contributed by atoms with Crippen LogP contribution in [-0.4, -0.2) is 48.6 Å². The van der Waals surface area contributed by atoms with E-state index in [1.54, 1.807) is 19.2 Å². The lowest BCUT2D eigenvalue weighted by atomic mass is 9.76. The fourth-order valence-corrected chi connectivity index (χ4v) is 5.13. The van der Waals surface area contributed by atoms with Gasteiger partial charge in [0.2, 0.25) is 0 Å². The molecular weight excluding hydrogens is 432 g/mol. The Kier molecular flexibility index (Phi) is 7.74. The third-order valence-electron chi connectivity index (χ3n) is 6.87. The van der Waals surface area contributed by atoms with Crippen LogP contribution < -0.4 is 4.74 Å². The van der Waals surface area contributed by atoms with Crippen LogP contribution in [0.15, 0.2) is 48.5 Å². The molecule has 7 nitrogen and oxygen atoms in total. The second kappa shape index (κ2) is 10.3. The standard InChI is InChI=1S/C24H28N2O5.ClH/c1-25-19-9-12-22(25)23(21(15-19)17-5-10-20(30-2)11-6-17)24(27)31-14-13-16-3-7-18(8-4-16)26(28)29;/h3-8,10-11,19,21-23H,9,12-15H2,1-2H3;1H/t19-,21+,22+,23-;/m0./s1. The maximum absolute atomic E-state index is 13.2. The summed E-state index contributed by atoms with van der Waals surface area (Å²) in [5, 5.41) is 10.8. The number of nitro benzene ring substituents is 1. The first-order valence-corrected chi connectivity index (χ1v) is 10.7. The predicted octanol–water partition coefficient (Wildman–Crippen LogP) is 4.38. The van der Waals surface area contributed by atoms with Crippen molar-refractivity contribution in [1.82, 2.24) is 4.90 Å². The second-order valence-corrected chi connectivity index (χ2v) is 8.45. The lowest BCUT2D eigenvalue weighted by molar-refractivity contribution is -0.384. The first-order valence-electron chi connectivity index (χ1n) is 10.7. The number of carbonyl (C=O) groups is 1. The van der Waals surface area contributed by atoms with Gasteiger partial charge in [-0.2, -0.15) is 0 Å². The van der Waals surface area contributed by atoms with E-state index in [-0.39, 0.29) is 48.5 Å². The van der Waals surface area contributed by atoms with Gasteiger partial charge < -0.3 is 9.47 Å². The Hall–Kier alpha value is -2.64. The molecule has 2 aliphatic heterocycles. The van der Waals surface area contributed by atoms with Crippen LogP contribution in [0.1, 0.15) is 36.3 Å². The molecule has 0 N–H and O–H groups in total. The summed E-state index contributed by atoms with van der Waals surface area (Å²) in [6.45, 7) is 0.266. The number of halogens is 1. The van der Waals surface area contributed by atoms with Crippen molar-refractivity contribution in [2.75, 3.05) is 20.8 Å². The smallest absolute Gasteiger partial charge is 0.311 e. The quantitative estimate of drug-likeness (QED) is 0.346. The van der Waals surface area contributed by atoms with Crippen LogP contribution in [0.4, 0.5) is 5.69 Å². The minimum Gasteiger partial charge on any atom is -0.497 e. The third kappa shape index (κ3) is 4.89. The predicted molar refractivity (Wildman–Crippen MR) is 123 cm³/mol. The molecule has 0 spiro atoms. The Bertz CT molecular complexity index is 934. The number of nitrogens with zero attached hydrogens (tertiary/aromatic N) is 2. The SMILES string of the molecule is COc1ccc([C@H]2C[C@@H]3CC[C@H]([C@H]2C(=O)OCCc2ccc([N+](=O)[O-])cc2)N3C)cc1.Cl. The first kappa shape index (κ1) is 24.0. The van der Waals surface area contributed by atoms with Crippen molar-refractivity contribution in [3.8, 4) is 5.75 Å². The number of hydrogen-bond acceptors (Lipinski definition) is 6. The van der Waals surface area contributed by atoms with Crippen molar-refractivity contribution < 1.29 is 19.2 Å². The van der Waals surface area contributed by atoms with Gasteiger partial charge in [-0.25, -0.2) is 0 Å². The van der Waals surface area contributed by atoms with Crippen molar-refractivity contribution in [2.24, 2.45) is 5.92 Å². The molecule has 2 bridgehead atoms. The van der Waals surface area contributed by atoms with E-state index in [2.05, 4.69) is 24.1 Å². The zero-order valence-corrected chi connectivity index (χ0v) is 19.1. The highest BCUT2D eigenvalue weighted by Crippen LogP contribution is 2.46. The topological polar surface area (TPSA) is 81.9 Å². The van der Waals surface area contributed by atoms with E-state index in [0.717, 1.165) is 36.1 Å². The Balaban J connectivity index is 0.00000289. The molecule has 0 amide bonds. The number of rotatable bonds is 7. The number of hydrogen-bond donors (Lipinski definition) is 0. The average Bonchev–Trinajstić information content (AvgIpc) is 3.01. The van der Waals surface area contributed by atoms with E-state index < -0.39 is 4.92 Å². The Morgan fingerprint density at radius 1 is 1.12 bits per heavy atom. The van der Waals surface area contributed by atoms with E-state index in [1.165, 1.54) is 12.1 Å². The molecule has 2 fully saturated rings. The molecule has 0 aliphatic carbocycles. The highest BCUT2D eigenvalue weighted by molar-refractivity contribution is 5.85. The largest absolute Gasteiger partial charge is 0.497 e. The Morgan fingerprint density at radius 3 is 2.44 bits per heavy atom. The number of carbonyl (C=O) groups excluding carboxylic acids is 1. The normalized spacial score (nSPS) is 24.4. The molecule has 0 radical (unpaired) electrons. The van der Waals surface area contributed by atoms with Crippen molar-refractivity contribution in [1.29, 1.82) is 0 Å². The molecule has 2 aliphatic rings. The van der Waals surface area contributed by atoms with Gasteiger partial charge in [0.15, 0.2) is 0 Å². The van der Waals surface area contributed by atoms with Gasteiger partial charge in [-0.1, -0.05) is 24.3 Å². The molecule has 4 rings (SSSR count). The zero-order valence-electron chi connectivity index (χ0n) is 18.3. The van der Waals surface area contributed by atoms with Gasteiger partial charge in [0.1, 0.15) is 5.75 Å². The van der Waals surface area contributed by atoms with Gasteiger partial charge in [-0.3, -0.25) is 19.8 Å². The minimum absolute atomic E-state index is 0. The maximum Gasteiger partial charge on any atom is 0.311 e. The van der Waals surface area contributed by atoms with Crippen LogP contribution in [0.3, 0.4) is 0 Å². The molecule has 0 aromatic heterocycles. The van der Waals surface area contributed by atoms with Crippen molar-refractivity contribution in [3.05, 3.63) is 69.8 Å². The van der Waals surface area contributed by atoms with Crippen LogP contribution in [-0.2, 0) is 16.0 Å². The van der Waals surface area contributed by atoms with Crippen molar-refractivity contribution in [2.45, 2.75) is 43.7 Å². The average molecular weight is 461 g/mol.